The van der Waals surface area contributed by atoms with Gasteiger partial charge in [-0.25, -0.2) is 0 Å². The smallest absolute Gasteiger partial charge is 0.0721 e. The zero-order valence-electron chi connectivity index (χ0n) is 40.8. The Kier molecular flexibility index (Phi) is 9.91. The van der Waals surface area contributed by atoms with E-state index < -0.39 is 5.41 Å². The predicted molar refractivity (Wildman–Crippen MR) is 310 cm³/mol. The van der Waals surface area contributed by atoms with Gasteiger partial charge in [-0.3, -0.25) is 0 Å². The lowest BCUT2D eigenvalue weighted by atomic mass is 9.66. The van der Waals surface area contributed by atoms with E-state index in [1.165, 1.54) is 98.4 Å². The van der Waals surface area contributed by atoms with Gasteiger partial charge in [0.2, 0.25) is 0 Å². The highest BCUT2D eigenvalue weighted by Gasteiger charge is 2.48. The number of hydrogen-bond acceptors (Lipinski definition) is 2. The molecule has 1 aliphatic rings. The third-order valence-electron chi connectivity index (χ3n) is 15.6. The molecule has 0 fully saturated rings. The van der Waals surface area contributed by atoms with Crippen molar-refractivity contribution in [3.63, 3.8) is 0 Å². The highest BCUT2D eigenvalue weighted by Crippen LogP contribution is 2.60. The third kappa shape index (κ3) is 6.71. The first-order valence-electron chi connectivity index (χ1n) is 25.4. The van der Waals surface area contributed by atoms with Crippen LogP contribution in [0.2, 0.25) is 0 Å². The van der Waals surface area contributed by atoms with Gasteiger partial charge in [-0.2, -0.15) is 0 Å². The molecule has 0 unspecified atom stereocenters. The van der Waals surface area contributed by atoms with Crippen molar-refractivity contribution in [2.75, 3.05) is 9.80 Å². The molecule has 14 rings (SSSR count). The van der Waals surface area contributed by atoms with Gasteiger partial charge < -0.3 is 9.80 Å². The first kappa shape index (κ1) is 42.6. The average molecular weight is 931 g/mol. The van der Waals surface area contributed by atoms with Crippen LogP contribution in [0.25, 0.3) is 65.0 Å². The van der Waals surface area contributed by atoms with Crippen LogP contribution >= 0.6 is 0 Å². The molecule has 13 aromatic rings. The normalized spacial score (nSPS) is 12.6. The fraction of sp³-hybridized carbons (Fsp3) is 0.0423. The molecule has 2 heteroatoms. The number of aryl methyl sites for hydroxylation is 2. The topological polar surface area (TPSA) is 6.48 Å². The first-order valence-corrected chi connectivity index (χ1v) is 25.4. The summed E-state index contributed by atoms with van der Waals surface area (Å²) in [5.41, 5.74) is 15.8. The van der Waals surface area contributed by atoms with E-state index in [-0.39, 0.29) is 0 Å². The molecule has 0 aromatic heterocycles. The number of nitrogens with zero attached hydrogens (tertiary/aromatic N) is 2. The largest absolute Gasteiger partial charge is 0.310 e. The van der Waals surface area contributed by atoms with Crippen molar-refractivity contribution in [3.05, 3.63) is 300 Å². The Bertz CT molecular complexity index is 4060. The molecule has 0 saturated carbocycles. The standard InChI is InChI=1S/C71H50N2/c1-47-31-35-53(36-32-47)72(69-43-50-18-7-9-23-57(50)60-26-12-14-28-64(60)69)55-39-41-62-63-42-40-56(73(54-37-33-48(2)34-38-54)70-44-51-19-8-10-24-58(51)61-27-13-15-29-65(61)70)46-68(63)71(67(62)45-55,52-21-4-3-5-22-52)66-30-16-20-49-17-6-11-25-59(49)66/h3-46H,1-2H3. The molecule has 344 valence electrons. The monoisotopic (exact) mass is 930 g/mol. The molecule has 73 heavy (non-hydrogen) atoms. The second-order valence-electron chi connectivity index (χ2n) is 19.8. The first-order chi connectivity index (χ1) is 36.0. The van der Waals surface area contributed by atoms with Gasteiger partial charge in [0.1, 0.15) is 0 Å². The van der Waals surface area contributed by atoms with E-state index in [1.54, 1.807) is 0 Å². The summed E-state index contributed by atoms with van der Waals surface area (Å²) in [4.78, 5) is 4.98. The fourth-order valence-electron chi connectivity index (χ4n) is 12.3. The minimum absolute atomic E-state index is 0.742. The van der Waals surface area contributed by atoms with Crippen LogP contribution in [-0.4, -0.2) is 0 Å². The van der Waals surface area contributed by atoms with Gasteiger partial charge in [-0.05, 0) is 151 Å². The van der Waals surface area contributed by atoms with Crippen LogP contribution in [0.1, 0.15) is 33.4 Å². The Morgan fingerprint density at radius 2 is 0.644 bits per heavy atom. The maximum absolute atomic E-state index is 2.52. The van der Waals surface area contributed by atoms with E-state index in [0.717, 1.165) is 34.1 Å². The van der Waals surface area contributed by atoms with Crippen molar-refractivity contribution in [1.29, 1.82) is 0 Å². The number of hydrogen-bond donors (Lipinski definition) is 0. The van der Waals surface area contributed by atoms with Crippen LogP contribution in [0.5, 0.6) is 0 Å². The van der Waals surface area contributed by atoms with Crippen LogP contribution in [-0.2, 0) is 5.41 Å². The molecule has 0 aliphatic heterocycles. The maximum Gasteiger partial charge on any atom is 0.0721 e. The van der Waals surface area contributed by atoms with Crippen molar-refractivity contribution in [2.45, 2.75) is 19.3 Å². The summed E-state index contributed by atoms with van der Waals surface area (Å²) in [6.45, 7) is 4.34. The van der Waals surface area contributed by atoms with E-state index in [9.17, 15) is 0 Å². The van der Waals surface area contributed by atoms with Crippen molar-refractivity contribution in [3.8, 4) is 11.1 Å². The van der Waals surface area contributed by atoms with Crippen molar-refractivity contribution < 1.29 is 0 Å². The molecule has 0 saturated heterocycles. The summed E-state index contributed by atoms with van der Waals surface area (Å²) in [7, 11) is 0. The van der Waals surface area contributed by atoms with Crippen LogP contribution in [0.3, 0.4) is 0 Å². The quantitative estimate of drug-likeness (QED) is 0.140. The van der Waals surface area contributed by atoms with E-state index in [1.807, 2.05) is 0 Å². The minimum atomic E-state index is -0.742. The second kappa shape index (κ2) is 17.0. The fourth-order valence-corrected chi connectivity index (χ4v) is 12.3. The zero-order chi connectivity index (χ0) is 48.6. The van der Waals surface area contributed by atoms with Crippen molar-refractivity contribution in [1.82, 2.24) is 0 Å². The predicted octanol–water partition coefficient (Wildman–Crippen LogP) is 19.4. The Labute approximate surface area is 426 Å². The summed E-state index contributed by atoms with van der Waals surface area (Å²) < 4.78 is 0. The minimum Gasteiger partial charge on any atom is -0.310 e. The van der Waals surface area contributed by atoms with Crippen molar-refractivity contribution >= 4 is 88.0 Å². The van der Waals surface area contributed by atoms with Crippen molar-refractivity contribution in [2.24, 2.45) is 0 Å². The van der Waals surface area contributed by atoms with Gasteiger partial charge in [-0.15, -0.1) is 0 Å². The molecule has 0 bridgehead atoms. The summed E-state index contributed by atoms with van der Waals surface area (Å²) >= 11 is 0. The van der Waals surface area contributed by atoms with E-state index in [2.05, 4.69) is 291 Å². The molecule has 0 heterocycles. The molecular weight excluding hydrogens is 881 g/mol. The summed E-state index contributed by atoms with van der Waals surface area (Å²) in [6, 6.07) is 99.9. The summed E-state index contributed by atoms with van der Waals surface area (Å²) in [6.07, 6.45) is 0. The van der Waals surface area contributed by atoms with E-state index in [4.69, 9.17) is 0 Å². The lowest BCUT2D eigenvalue weighted by Gasteiger charge is -2.36. The lowest BCUT2D eigenvalue weighted by molar-refractivity contribution is 0.776. The van der Waals surface area contributed by atoms with Gasteiger partial charge in [0, 0.05) is 33.5 Å². The molecular formula is C71H50N2. The molecule has 1 aliphatic carbocycles. The molecule has 0 radical (unpaired) electrons. The second-order valence-corrected chi connectivity index (χ2v) is 19.8. The number of rotatable bonds is 8. The van der Waals surface area contributed by atoms with Crippen LogP contribution < -0.4 is 9.80 Å². The Balaban J connectivity index is 1.08. The van der Waals surface area contributed by atoms with E-state index >= 15 is 0 Å². The Morgan fingerprint density at radius 3 is 1.14 bits per heavy atom. The van der Waals surface area contributed by atoms with Crippen LogP contribution in [0.15, 0.2) is 267 Å². The SMILES string of the molecule is Cc1ccc(N(c2ccc3c(c2)C(c2ccccc2)(c2cccc4ccccc24)c2cc(N(c4ccc(C)cc4)c4cc5ccccc5c5ccccc45)ccc2-3)c2cc3ccccc3c3ccccc23)cc1. The molecule has 0 spiro atoms. The zero-order valence-corrected chi connectivity index (χ0v) is 40.8. The molecule has 13 aromatic carbocycles. The molecule has 0 amide bonds. The van der Waals surface area contributed by atoms with Gasteiger partial charge >= 0.3 is 0 Å². The molecule has 0 atom stereocenters. The summed E-state index contributed by atoms with van der Waals surface area (Å²) in [5.74, 6) is 0. The number of fused-ring (bicyclic) bond motifs is 10. The van der Waals surface area contributed by atoms with Gasteiger partial charge in [0.25, 0.3) is 0 Å². The number of benzene rings is 13. The maximum atomic E-state index is 2.52. The Morgan fingerprint density at radius 1 is 0.260 bits per heavy atom. The third-order valence-corrected chi connectivity index (χ3v) is 15.6. The van der Waals surface area contributed by atoms with Gasteiger partial charge in [0.15, 0.2) is 0 Å². The average Bonchev–Trinajstić information content (AvgIpc) is 3.76. The molecule has 2 nitrogen and oxygen atoms in total. The van der Waals surface area contributed by atoms with E-state index in [0.29, 0.717) is 0 Å². The lowest BCUT2D eigenvalue weighted by Crippen LogP contribution is -2.29. The molecule has 0 N–H and O–H groups in total. The summed E-state index contributed by atoms with van der Waals surface area (Å²) in [5, 5.41) is 12.2. The highest BCUT2D eigenvalue weighted by atomic mass is 15.2. The van der Waals surface area contributed by atoms with Gasteiger partial charge in [0.05, 0.1) is 16.8 Å². The number of anilines is 6. The van der Waals surface area contributed by atoms with Crippen LogP contribution in [0, 0.1) is 13.8 Å². The van der Waals surface area contributed by atoms with Gasteiger partial charge in [-0.1, -0.05) is 217 Å². The van der Waals surface area contributed by atoms with Crippen LogP contribution in [0.4, 0.5) is 34.1 Å². The Hall–Kier alpha value is -9.24. The highest BCUT2D eigenvalue weighted by molar-refractivity contribution is 6.16.